The molecule has 0 saturated heterocycles. The summed E-state index contributed by atoms with van der Waals surface area (Å²) in [6.45, 7) is 2.56. The number of aromatic nitrogens is 8. The maximum Gasteiger partial charge on any atom is 0.137 e. The van der Waals surface area contributed by atoms with E-state index >= 15 is 0 Å². The molecule has 0 spiro atoms. The van der Waals surface area contributed by atoms with E-state index in [2.05, 4.69) is 54.5 Å². The summed E-state index contributed by atoms with van der Waals surface area (Å²) in [5.41, 5.74) is 5.74. The van der Waals surface area contributed by atoms with Crippen LogP contribution in [0.2, 0.25) is 0 Å². The summed E-state index contributed by atoms with van der Waals surface area (Å²) in [6.07, 6.45) is 19.2. The van der Waals surface area contributed by atoms with Crippen molar-refractivity contribution in [1.82, 2.24) is 44.2 Å². The monoisotopic (exact) mass is 439 g/mol. The third kappa shape index (κ3) is 4.27. The number of hydrogen-bond donors (Lipinski definition) is 1. The SMILES string of the molecule is c1cn(-c2cncc(-c3cn(Cc4cn5cc(CNCC6CCC6)ccc5n4)nn3)c2)cn1. The Morgan fingerprint density at radius 3 is 2.88 bits per heavy atom. The van der Waals surface area contributed by atoms with Crippen LogP contribution in [0.25, 0.3) is 22.6 Å². The maximum atomic E-state index is 4.74. The van der Waals surface area contributed by atoms with Crippen molar-refractivity contribution in [2.75, 3.05) is 6.54 Å². The average Bonchev–Trinajstić information content (AvgIpc) is 3.56. The van der Waals surface area contributed by atoms with Crippen LogP contribution in [0.3, 0.4) is 0 Å². The first-order valence-electron chi connectivity index (χ1n) is 11.3. The lowest BCUT2D eigenvalue weighted by Gasteiger charge is -2.25. The molecule has 1 saturated carbocycles. The molecule has 9 heteroatoms. The minimum absolute atomic E-state index is 0.554. The number of hydrogen-bond acceptors (Lipinski definition) is 6. The molecule has 33 heavy (non-hydrogen) atoms. The summed E-state index contributed by atoms with van der Waals surface area (Å²) in [7, 11) is 0. The van der Waals surface area contributed by atoms with E-state index in [-0.39, 0.29) is 0 Å². The van der Waals surface area contributed by atoms with Gasteiger partial charge in [-0.1, -0.05) is 17.7 Å². The average molecular weight is 440 g/mol. The first-order chi connectivity index (χ1) is 16.3. The Hall–Kier alpha value is -3.85. The van der Waals surface area contributed by atoms with Gasteiger partial charge in [0.05, 0.1) is 36.6 Å². The van der Waals surface area contributed by atoms with Crippen molar-refractivity contribution in [1.29, 1.82) is 0 Å². The van der Waals surface area contributed by atoms with Gasteiger partial charge in [-0.2, -0.15) is 0 Å². The Kier molecular flexibility index (Phi) is 5.16. The standard InChI is InChI=1S/C24H25N9/c1-2-18(3-1)9-26-10-19-4-5-24-28-21(14-32(24)13-19)15-33-16-23(29-30-33)20-8-22(12-27-11-20)31-7-6-25-17-31/h4-8,11-14,16-18,26H,1-3,9-10,15H2. The highest BCUT2D eigenvalue weighted by Gasteiger charge is 2.16. The predicted molar refractivity (Wildman–Crippen MR) is 124 cm³/mol. The number of pyridine rings is 2. The van der Waals surface area contributed by atoms with E-state index < -0.39 is 0 Å². The van der Waals surface area contributed by atoms with Crippen molar-refractivity contribution in [3.63, 3.8) is 0 Å². The topological polar surface area (TPSA) is 90.8 Å². The lowest BCUT2D eigenvalue weighted by molar-refractivity contribution is 0.301. The largest absolute Gasteiger partial charge is 0.312 e. The molecule has 5 heterocycles. The van der Waals surface area contributed by atoms with E-state index in [1.54, 1.807) is 24.9 Å². The summed E-state index contributed by atoms with van der Waals surface area (Å²) in [5.74, 6) is 0.866. The zero-order valence-electron chi connectivity index (χ0n) is 18.2. The molecule has 5 aromatic heterocycles. The second-order valence-corrected chi connectivity index (χ2v) is 8.67. The number of fused-ring (bicyclic) bond motifs is 1. The van der Waals surface area contributed by atoms with Crippen molar-refractivity contribution in [3.05, 3.63) is 79.2 Å². The number of imidazole rings is 2. The van der Waals surface area contributed by atoms with Gasteiger partial charge in [-0.15, -0.1) is 5.10 Å². The van der Waals surface area contributed by atoms with Crippen molar-refractivity contribution in [3.8, 4) is 16.9 Å². The van der Waals surface area contributed by atoms with Crippen LogP contribution in [0, 0.1) is 5.92 Å². The molecular weight excluding hydrogens is 414 g/mol. The smallest absolute Gasteiger partial charge is 0.137 e. The first kappa shape index (κ1) is 19.8. The number of rotatable bonds is 8. The van der Waals surface area contributed by atoms with Crippen LogP contribution in [-0.4, -0.2) is 45.5 Å². The normalized spacial score (nSPS) is 14.1. The van der Waals surface area contributed by atoms with Crippen LogP contribution in [0.15, 0.2) is 67.9 Å². The van der Waals surface area contributed by atoms with Gasteiger partial charge in [-0.3, -0.25) is 4.98 Å². The third-order valence-corrected chi connectivity index (χ3v) is 6.23. The van der Waals surface area contributed by atoms with Crippen molar-refractivity contribution in [2.24, 2.45) is 5.92 Å². The van der Waals surface area contributed by atoms with Gasteiger partial charge in [-0.25, -0.2) is 14.6 Å². The fraction of sp³-hybridized carbons (Fsp3) is 0.292. The van der Waals surface area contributed by atoms with Gasteiger partial charge in [0.1, 0.15) is 11.3 Å². The van der Waals surface area contributed by atoms with Gasteiger partial charge in [0.15, 0.2) is 0 Å². The highest BCUT2D eigenvalue weighted by Crippen LogP contribution is 2.25. The highest BCUT2D eigenvalue weighted by atomic mass is 15.4. The zero-order valence-corrected chi connectivity index (χ0v) is 18.2. The van der Waals surface area contributed by atoms with Crippen LogP contribution in [-0.2, 0) is 13.1 Å². The maximum absolute atomic E-state index is 4.74. The summed E-state index contributed by atoms with van der Waals surface area (Å²) in [6, 6.07) is 6.24. The first-order valence-corrected chi connectivity index (χ1v) is 11.3. The molecule has 1 aliphatic carbocycles. The lowest BCUT2D eigenvalue weighted by atomic mass is 9.85. The third-order valence-electron chi connectivity index (χ3n) is 6.23. The molecule has 0 aromatic carbocycles. The Labute approximate surface area is 191 Å². The van der Waals surface area contributed by atoms with E-state index in [9.17, 15) is 0 Å². The molecule has 1 fully saturated rings. The van der Waals surface area contributed by atoms with Gasteiger partial charge in [0.25, 0.3) is 0 Å². The molecule has 0 amide bonds. The molecule has 0 aliphatic heterocycles. The van der Waals surface area contributed by atoms with Crippen molar-refractivity contribution >= 4 is 5.65 Å². The lowest BCUT2D eigenvalue weighted by Crippen LogP contribution is -2.26. The van der Waals surface area contributed by atoms with Crippen LogP contribution in [0.5, 0.6) is 0 Å². The fourth-order valence-corrected chi connectivity index (χ4v) is 4.18. The Balaban J connectivity index is 1.15. The summed E-state index contributed by atoms with van der Waals surface area (Å²) >= 11 is 0. The highest BCUT2D eigenvalue weighted by molar-refractivity contribution is 5.59. The molecule has 0 radical (unpaired) electrons. The molecule has 1 N–H and O–H groups in total. The molecule has 5 aromatic rings. The molecule has 1 aliphatic rings. The summed E-state index contributed by atoms with van der Waals surface area (Å²) < 4.78 is 5.81. The van der Waals surface area contributed by atoms with E-state index in [4.69, 9.17) is 4.98 Å². The number of nitrogens with zero attached hydrogens (tertiary/aromatic N) is 8. The molecule has 6 rings (SSSR count). The van der Waals surface area contributed by atoms with Crippen LogP contribution < -0.4 is 5.32 Å². The minimum atomic E-state index is 0.554. The van der Waals surface area contributed by atoms with Gasteiger partial charge >= 0.3 is 0 Å². The second kappa shape index (κ2) is 8.59. The molecule has 0 atom stereocenters. The zero-order chi connectivity index (χ0) is 22.0. The Morgan fingerprint density at radius 2 is 2.03 bits per heavy atom. The fourth-order valence-electron chi connectivity index (χ4n) is 4.18. The van der Waals surface area contributed by atoms with E-state index in [0.29, 0.717) is 6.54 Å². The van der Waals surface area contributed by atoms with Gasteiger partial charge in [0, 0.05) is 43.1 Å². The number of nitrogens with one attached hydrogen (secondary N) is 1. The summed E-state index contributed by atoms with van der Waals surface area (Å²) in [4.78, 5) is 13.2. The van der Waals surface area contributed by atoms with Gasteiger partial charge < -0.3 is 14.3 Å². The van der Waals surface area contributed by atoms with Crippen LogP contribution in [0.1, 0.15) is 30.5 Å². The van der Waals surface area contributed by atoms with E-state index in [0.717, 1.165) is 47.3 Å². The predicted octanol–water partition coefficient (Wildman–Crippen LogP) is 3.11. The molecule has 0 bridgehead atoms. The van der Waals surface area contributed by atoms with Gasteiger partial charge in [-0.05, 0) is 43.0 Å². The van der Waals surface area contributed by atoms with Crippen molar-refractivity contribution in [2.45, 2.75) is 32.4 Å². The molecule has 166 valence electrons. The van der Waals surface area contributed by atoms with Crippen molar-refractivity contribution < 1.29 is 0 Å². The van der Waals surface area contributed by atoms with Crippen LogP contribution in [0.4, 0.5) is 0 Å². The summed E-state index contributed by atoms with van der Waals surface area (Å²) in [5, 5.41) is 12.2. The molecular formula is C24H25N9. The quantitative estimate of drug-likeness (QED) is 0.400. The van der Waals surface area contributed by atoms with Gasteiger partial charge in [0.2, 0.25) is 0 Å². The van der Waals surface area contributed by atoms with E-state index in [1.807, 2.05) is 27.7 Å². The van der Waals surface area contributed by atoms with Crippen LogP contribution >= 0.6 is 0 Å². The Morgan fingerprint density at radius 1 is 1.06 bits per heavy atom. The minimum Gasteiger partial charge on any atom is -0.312 e. The van der Waals surface area contributed by atoms with E-state index in [1.165, 1.54) is 24.8 Å². The molecule has 0 unspecified atom stereocenters. The second-order valence-electron chi connectivity index (χ2n) is 8.67. The Bertz CT molecular complexity index is 1360. The molecule has 9 nitrogen and oxygen atoms in total.